The summed E-state index contributed by atoms with van der Waals surface area (Å²) in [5.41, 5.74) is 2.24. The molecule has 1 aliphatic rings. The van der Waals surface area contributed by atoms with Gasteiger partial charge in [0.2, 0.25) is 0 Å². The predicted octanol–water partition coefficient (Wildman–Crippen LogP) is 1.05. The van der Waals surface area contributed by atoms with Crippen LogP contribution in [0.5, 0.6) is 0 Å². The van der Waals surface area contributed by atoms with Gasteiger partial charge in [-0.15, -0.1) is 0 Å². The minimum atomic E-state index is -0.0444. The summed E-state index contributed by atoms with van der Waals surface area (Å²) in [5.74, 6) is -0.0444. The van der Waals surface area contributed by atoms with E-state index in [0.29, 0.717) is 12.1 Å². The molecule has 118 valence electrons. The molecule has 3 rings (SSSR count). The van der Waals surface area contributed by atoms with Gasteiger partial charge in [-0.2, -0.15) is 10.2 Å². The Balaban J connectivity index is 1.82. The molecule has 22 heavy (non-hydrogen) atoms. The maximum absolute atomic E-state index is 12.7. The van der Waals surface area contributed by atoms with E-state index < -0.39 is 0 Å². The molecule has 0 radical (unpaired) electrons. The molecule has 3 heterocycles. The summed E-state index contributed by atoms with van der Waals surface area (Å²) in [4.78, 5) is 14.6. The second-order valence-electron chi connectivity index (χ2n) is 5.68. The first-order valence-corrected chi connectivity index (χ1v) is 7.64. The van der Waals surface area contributed by atoms with Gasteiger partial charge < -0.3 is 10.0 Å². The van der Waals surface area contributed by atoms with E-state index in [9.17, 15) is 4.79 Å². The lowest BCUT2D eigenvalue weighted by molar-refractivity contribution is 0.0599. The zero-order valence-electron chi connectivity index (χ0n) is 12.7. The summed E-state index contributed by atoms with van der Waals surface area (Å²) in [6, 6.07) is 3.67. The van der Waals surface area contributed by atoms with Crippen LogP contribution in [0.4, 0.5) is 0 Å². The molecule has 1 saturated heterocycles. The van der Waals surface area contributed by atoms with Crippen LogP contribution < -0.4 is 0 Å². The molecule has 0 saturated carbocycles. The molecule has 2 aromatic heterocycles. The third-order valence-corrected chi connectivity index (χ3v) is 4.07. The van der Waals surface area contributed by atoms with Gasteiger partial charge in [0.15, 0.2) is 0 Å². The van der Waals surface area contributed by atoms with E-state index in [4.69, 9.17) is 5.11 Å². The smallest absolute Gasteiger partial charge is 0.274 e. The van der Waals surface area contributed by atoms with Crippen molar-refractivity contribution in [3.05, 3.63) is 35.4 Å². The Hall–Kier alpha value is -2.15. The molecule has 0 bridgehead atoms. The first kappa shape index (κ1) is 14.8. The topological polar surface area (TPSA) is 87.0 Å². The highest BCUT2D eigenvalue weighted by molar-refractivity contribution is 5.92. The average molecular weight is 303 g/mol. The molecule has 2 aromatic rings. The van der Waals surface area contributed by atoms with Crippen LogP contribution in [0.15, 0.2) is 18.3 Å². The third kappa shape index (κ3) is 2.89. The summed E-state index contributed by atoms with van der Waals surface area (Å²) < 4.78 is 1.64. The van der Waals surface area contributed by atoms with Crippen LogP contribution >= 0.6 is 0 Å². The normalized spacial score (nSPS) is 18.6. The standard InChI is InChI=1S/C15H21N5O2/c1-19-8-5-12(18-19)15(22)20-7-3-2-4-14(20)13-10-11(6-9-21)16-17-13/h5,8,10,14,21H,2-4,6-7,9H2,1H3,(H,16,17). The highest BCUT2D eigenvalue weighted by atomic mass is 16.3. The highest BCUT2D eigenvalue weighted by Crippen LogP contribution is 2.31. The number of carbonyl (C=O) groups is 1. The molecule has 0 aromatic carbocycles. The molecular formula is C15H21N5O2. The quantitative estimate of drug-likeness (QED) is 0.883. The van der Waals surface area contributed by atoms with E-state index in [1.165, 1.54) is 0 Å². The minimum absolute atomic E-state index is 0.0213. The SMILES string of the molecule is Cn1ccc(C(=O)N2CCCCC2c2cc(CCO)[nH]n2)n1. The van der Waals surface area contributed by atoms with Crippen LogP contribution in [-0.4, -0.2) is 49.0 Å². The minimum Gasteiger partial charge on any atom is -0.396 e. The molecule has 0 aliphatic carbocycles. The van der Waals surface area contributed by atoms with Crippen molar-refractivity contribution in [3.8, 4) is 0 Å². The first-order chi connectivity index (χ1) is 10.7. The number of rotatable bonds is 4. The van der Waals surface area contributed by atoms with Gasteiger partial charge in [0.25, 0.3) is 5.91 Å². The molecule has 1 fully saturated rings. The van der Waals surface area contributed by atoms with Crippen molar-refractivity contribution in [3.63, 3.8) is 0 Å². The second-order valence-corrected chi connectivity index (χ2v) is 5.68. The Morgan fingerprint density at radius 2 is 2.36 bits per heavy atom. The van der Waals surface area contributed by atoms with Crippen LogP contribution in [0.3, 0.4) is 0 Å². The van der Waals surface area contributed by atoms with Gasteiger partial charge in [0.05, 0.1) is 11.7 Å². The summed E-state index contributed by atoms with van der Waals surface area (Å²) in [5, 5.41) is 20.5. The lowest BCUT2D eigenvalue weighted by Gasteiger charge is -2.34. The van der Waals surface area contributed by atoms with Crippen molar-refractivity contribution in [1.29, 1.82) is 0 Å². The van der Waals surface area contributed by atoms with Crippen molar-refractivity contribution >= 4 is 5.91 Å². The first-order valence-electron chi connectivity index (χ1n) is 7.64. The molecule has 0 spiro atoms. The molecular weight excluding hydrogens is 282 g/mol. The van der Waals surface area contributed by atoms with Crippen LogP contribution in [-0.2, 0) is 13.5 Å². The van der Waals surface area contributed by atoms with Gasteiger partial charge in [-0.1, -0.05) is 0 Å². The van der Waals surface area contributed by atoms with Gasteiger partial charge >= 0.3 is 0 Å². The van der Waals surface area contributed by atoms with Crippen LogP contribution in [0.2, 0.25) is 0 Å². The van der Waals surface area contributed by atoms with Crippen LogP contribution in [0, 0.1) is 0 Å². The summed E-state index contributed by atoms with van der Waals surface area (Å²) in [7, 11) is 1.80. The Morgan fingerprint density at radius 3 is 3.09 bits per heavy atom. The molecule has 1 amide bonds. The number of carbonyl (C=O) groups excluding carboxylic acids is 1. The maximum atomic E-state index is 12.7. The Labute approximate surface area is 128 Å². The number of amides is 1. The third-order valence-electron chi connectivity index (χ3n) is 4.07. The number of piperidine rings is 1. The number of nitrogens with one attached hydrogen (secondary N) is 1. The Morgan fingerprint density at radius 1 is 1.50 bits per heavy atom. The maximum Gasteiger partial charge on any atom is 0.274 e. The average Bonchev–Trinajstić information content (AvgIpc) is 3.16. The Kier molecular flexibility index (Phi) is 4.24. The van der Waals surface area contributed by atoms with E-state index in [1.807, 2.05) is 11.0 Å². The van der Waals surface area contributed by atoms with Gasteiger partial charge in [-0.25, -0.2) is 0 Å². The number of aliphatic hydroxyl groups excluding tert-OH is 1. The fourth-order valence-electron chi connectivity index (χ4n) is 2.96. The highest BCUT2D eigenvalue weighted by Gasteiger charge is 2.31. The number of aryl methyl sites for hydroxylation is 1. The number of aromatic amines is 1. The molecule has 1 aliphatic heterocycles. The molecule has 1 unspecified atom stereocenters. The molecule has 1 atom stereocenters. The van der Waals surface area contributed by atoms with Crippen molar-refractivity contribution in [2.75, 3.05) is 13.2 Å². The number of nitrogens with zero attached hydrogens (tertiary/aromatic N) is 4. The van der Waals surface area contributed by atoms with E-state index in [0.717, 1.165) is 37.2 Å². The lowest BCUT2D eigenvalue weighted by atomic mass is 9.98. The molecule has 7 heteroatoms. The van der Waals surface area contributed by atoms with Crippen LogP contribution in [0.25, 0.3) is 0 Å². The van der Waals surface area contributed by atoms with Crippen molar-refractivity contribution in [1.82, 2.24) is 24.9 Å². The zero-order valence-corrected chi connectivity index (χ0v) is 12.7. The molecule has 2 N–H and O–H groups in total. The van der Waals surface area contributed by atoms with Gasteiger partial charge in [0, 0.05) is 38.5 Å². The van der Waals surface area contributed by atoms with Gasteiger partial charge in [-0.05, 0) is 31.4 Å². The van der Waals surface area contributed by atoms with Gasteiger partial charge in [0.1, 0.15) is 5.69 Å². The fourth-order valence-corrected chi connectivity index (χ4v) is 2.96. The predicted molar refractivity (Wildman–Crippen MR) is 80.2 cm³/mol. The second kappa shape index (κ2) is 6.31. The van der Waals surface area contributed by atoms with Crippen molar-refractivity contribution < 1.29 is 9.90 Å². The number of aliphatic hydroxyl groups is 1. The number of likely N-dealkylation sites (tertiary alicyclic amines) is 1. The number of aromatic nitrogens is 4. The summed E-state index contributed by atoms with van der Waals surface area (Å²) in [6.07, 6.45) is 5.32. The van der Waals surface area contributed by atoms with E-state index in [-0.39, 0.29) is 18.6 Å². The number of hydrogen-bond acceptors (Lipinski definition) is 4. The van der Waals surface area contributed by atoms with E-state index in [1.54, 1.807) is 24.0 Å². The molecule has 7 nitrogen and oxygen atoms in total. The van der Waals surface area contributed by atoms with Crippen molar-refractivity contribution in [2.45, 2.75) is 31.7 Å². The Bertz CT molecular complexity index is 648. The fraction of sp³-hybridized carbons (Fsp3) is 0.533. The van der Waals surface area contributed by atoms with E-state index >= 15 is 0 Å². The number of hydrogen-bond donors (Lipinski definition) is 2. The van der Waals surface area contributed by atoms with Crippen molar-refractivity contribution in [2.24, 2.45) is 7.05 Å². The monoisotopic (exact) mass is 303 g/mol. The number of H-pyrrole nitrogens is 1. The van der Waals surface area contributed by atoms with Gasteiger partial charge in [-0.3, -0.25) is 14.6 Å². The largest absolute Gasteiger partial charge is 0.396 e. The van der Waals surface area contributed by atoms with Crippen LogP contribution in [0.1, 0.15) is 47.2 Å². The summed E-state index contributed by atoms with van der Waals surface area (Å²) >= 11 is 0. The zero-order chi connectivity index (χ0) is 15.5. The summed E-state index contributed by atoms with van der Waals surface area (Å²) in [6.45, 7) is 0.811. The van der Waals surface area contributed by atoms with E-state index in [2.05, 4.69) is 15.3 Å². The lowest BCUT2D eigenvalue weighted by Crippen LogP contribution is -2.39.